The Labute approximate surface area is 142 Å². The number of carboxylic acid groups (broad SMARTS) is 1. The van der Waals surface area contributed by atoms with E-state index in [0.717, 1.165) is 16.5 Å². The number of amides is 1. The zero-order valence-corrected chi connectivity index (χ0v) is 14.9. The highest BCUT2D eigenvalue weighted by atomic mass is 16.5. The summed E-state index contributed by atoms with van der Waals surface area (Å²) in [5, 5.41) is 14.7. The minimum absolute atomic E-state index is 0.251. The number of nitrogen functional groups attached to an aromatic ring is 1. The van der Waals surface area contributed by atoms with E-state index in [0.29, 0.717) is 18.9 Å². The number of hydrogen-bond donors (Lipinski definition) is 2. The number of hydrogen-bond acceptors (Lipinski definition) is 4. The van der Waals surface area contributed by atoms with Crippen molar-refractivity contribution in [2.75, 3.05) is 12.3 Å². The van der Waals surface area contributed by atoms with Crippen molar-refractivity contribution in [3.05, 3.63) is 23.9 Å². The molecule has 2 rings (SSSR count). The predicted octanol–water partition coefficient (Wildman–Crippen LogP) is 2.84. The zero-order chi connectivity index (χ0) is 18.1. The molecular weight excluding hydrogens is 308 g/mol. The molecule has 1 amide bonds. The molecule has 0 aliphatic carbocycles. The quantitative estimate of drug-likeness (QED) is 0.820. The third kappa shape index (κ3) is 3.97. The van der Waals surface area contributed by atoms with Crippen molar-refractivity contribution in [3.8, 4) is 0 Å². The number of fused-ring (bicyclic) bond motifs is 1. The minimum Gasteiger partial charge on any atom is -0.465 e. The zero-order valence-electron chi connectivity index (χ0n) is 14.9. The van der Waals surface area contributed by atoms with Gasteiger partial charge in [-0.15, -0.1) is 0 Å². The highest BCUT2D eigenvalue weighted by molar-refractivity contribution is 5.90. The van der Waals surface area contributed by atoms with Crippen molar-refractivity contribution in [1.82, 2.24) is 14.7 Å². The van der Waals surface area contributed by atoms with Gasteiger partial charge in [0.15, 0.2) is 0 Å². The number of ether oxygens (including phenoxy) is 1. The van der Waals surface area contributed by atoms with E-state index in [4.69, 9.17) is 10.5 Å². The largest absolute Gasteiger partial charge is 0.465 e. The first-order chi connectivity index (χ1) is 11.1. The monoisotopic (exact) mass is 334 g/mol. The van der Waals surface area contributed by atoms with Crippen LogP contribution in [0.5, 0.6) is 0 Å². The number of nitrogens with zero attached hydrogens (tertiary/aromatic N) is 3. The van der Waals surface area contributed by atoms with Crippen molar-refractivity contribution in [2.45, 2.75) is 45.9 Å². The molecule has 0 saturated carbocycles. The molecule has 0 aliphatic rings. The first-order valence-corrected chi connectivity index (χ1v) is 7.91. The van der Waals surface area contributed by atoms with Gasteiger partial charge in [0.2, 0.25) is 0 Å². The number of rotatable bonds is 5. The van der Waals surface area contributed by atoms with Crippen LogP contribution in [0.3, 0.4) is 0 Å². The number of carbonyl (C=O) groups is 1. The second-order valence-corrected chi connectivity index (χ2v) is 7.11. The van der Waals surface area contributed by atoms with E-state index in [1.807, 2.05) is 53.1 Å². The van der Waals surface area contributed by atoms with Crippen molar-refractivity contribution >= 4 is 22.7 Å². The topological polar surface area (TPSA) is 93.6 Å². The van der Waals surface area contributed by atoms with Crippen molar-refractivity contribution in [3.63, 3.8) is 0 Å². The lowest BCUT2D eigenvalue weighted by Crippen LogP contribution is -2.51. The van der Waals surface area contributed by atoms with Crippen molar-refractivity contribution in [1.29, 1.82) is 0 Å². The number of aromatic nitrogens is 2. The minimum atomic E-state index is -0.947. The molecule has 24 heavy (non-hydrogen) atoms. The average Bonchev–Trinajstić information content (AvgIpc) is 2.77. The Bertz CT molecular complexity index is 733. The van der Waals surface area contributed by atoms with E-state index in [2.05, 4.69) is 5.10 Å². The summed E-state index contributed by atoms with van der Waals surface area (Å²) in [4.78, 5) is 12.9. The summed E-state index contributed by atoms with van der Waals surface area (Å²) in [5.74, 6) is 0. The van der Waals surface area contributed by atoms with Crippen LogP contribution in [-0.2, 0) is 18.4 Å². The lowest BCUT2D eigenvalue weighted by molar-refractivity contribution is 0.0218. The molecule has 3 N–H and O–H groups in total. The van der Waals surface area contributed by atoms with Crippen LogP contribution < -0.4 is 5.73 Å². The van der Waals surface area contributed by atoms with Crippen LogP contribution >= 0.6 is 0 Å². The van der Waals surface area contributed by atoms with E-state index >= 15 is 0 Å². The van der Waals surface area contributed by atoms with Gasteiger partial charge >= 0.3 is 6.09 Å². The Kier molecular flexibility index (Phi) is 5.03. The third-order valence-electron chi connectivity index (χ3n) is 3.83. The van der Waals surface area contributed by atoms with Gasteiger partial charge in [-0.2, -0.15) is 5.10 Å². The summed E-state index contributed by atoms with van der Waals surface area (Å²) < 4.78 is 7.45. The van der Waals surface area contributed by atoms with Gasteiger partial charge in [0.1, 0.15) is 0 Å². The molecule has 0 spiro atoms. The summed E-state index contributed by atoms with van der Waals surface area (Å²) in [5.41, 5.74) is 7.98. The highest BCUT2D eigenvalue weighted by Gasteiger charge is 2.30. The summed E-state index contributed by atoms with van der Waals surface area (Å²) in [7, 11) is 1.85. The van der Waals surface area contributed by atoms with Gasteiger partial charge in [0.25, 0.3) is 0 Å². The fourth-order valence-corrected chi connectivity index (χ4v) is 2.97. The Morgan fingerprint density at radius 3 is 2.71 bits per heavy atom. The standard InChI is InChI=1S/C17H26N4O3/c1-11(21(16(22)23)17(2,3)4)9-24-10-12-6-14(18)13-8-20(5)19-15(13)7-12/h6-8,11H,9-10,18H2,1-5H3,(H,22,23). The van der Waals surface area contributed by atoms with Crippen LogP contribution in [0.15, 0.2) is 18.3 Å². The maximum atomic E-state index is 11.5. The summed E-state index contributed by atoms with van der Waals surface area (Å²) in [6, 6.07) is 3.56. The first-order valence-electron chi connectivity index (χ1n) is 7.91. The Morgan fingerprint density at radius 2 is 2.12 bits per heavy atom. The third-order valence-corrected chi connectivity index (χ3v) is 3.83. The molecule has 7 nitrogen and oxygen atoms in total. The molecular formula is C17H26N4O3. The molecule has 1 aromatic heterocycles. The first kappa shape index (κ1) is 18.1. The van der Waals surface area contributed by atoms with Crippen molar-refractivity contribution < 1.29 is 14.6 Å². The number of benzene rings is 1. The van der Waals surface area contributed by atoms with Crippen LogP contribution in [0, 0.1) is 0 Å². The van der Waals surface area contributed by atoms with E-state index in [1.54, 1.807) is 4.68 Å². The normalized spacial score (nSPS) is 13.2. The molecule has 0 fully saturated rings. The number of anilines is 1. The summed E-state index contributed by atoms with van der Waals surface area (Å²) in [6.07, 6.45) is 0.934. The Hall–Kier alpha value is -2.28. The van der Waals surface area contributed by atoms with Crippen LogP contribution in [0.4, 0.5) is 10.5 Å². The van der Waals surface area contributed by atoms with Gasteiger partial charge in [0, 0.05) is 29.9 Å². The lowest BCUT2D eigenvalue weighted by atomic mass is 10.0. The summed E-state index contributed by atoms with van der Waals surface area (Å²) >= 11 is 0. The van der Waals surface area contributed by atoms with Gasteiger partial charge < -0.3 is 15.6 Å². The Morgan fingerprint density at radius 1 is 1.46 bits per heavy atom. The molecule has 7 heteroatoms. The molecule has 2 aromatic rings. The van der Waals surface area contributed by atoms with E-state index in [-0.39, 0.29) is 6.04 Å². The lowest BCUT2D eigenvalue weighted by Gasteiger charge is -2.37. The molecule has 0 radical (unpaired) electrons. The van der Waals surface area contributed by atoms with Gasteiger partial charge in [-0.25, -0.2) is 4.79 Å². The van der Waals surface area contributed by atoms with Gasteiger partial charge in [-0.05, 0) is 45.4 Å². The molecule has 0 bridgehead atoms. The van der Waals surface area contributed by atoms with Crippen molar-refractivity contribution in [2.24, 2.45) is 7.05 Å². The fourth-order valence-electron chi connectivity index (χ4n) is 2.97. The van der Waals surface area contributed by atoms with Crippen LogP contribution in [-0.4, -0.2) is 44.1 Å². The number of nitrogens with two attached hydrogens (primary N) is 1. The molecule has 0 aliphatic heterocycles. The van der Waals surface area contributed by atoms with E-state index in [1.165, 1.54) is 4.90 Å². The number of aryl methyl sites for hydroxylation is 1. The maximum absolute atomic E-state index is 11.5. The molecule has 1 atom stereocenters. The molecule has 1 heterocycles. The second-order valence-electron chi connectivity index (χ2n) is 7.11. The fraction of sp³-hybridized carbons (Fsp3) is 0.529. The van der Waals surface area contributed by atoms with Gasteiger partial charge in [0.05, 0.1) is 24.8 Å². The van der Waals surface area contributed by atoms with Gasteiger partial charge in [-0.1, -0.05) is 0 Å². The Balaban J connectivity index is 2.02. The summed E-state index contributed by atoms with van der Waals surface area (Å²) in [6.45, 7) is 8.12. The van der Waals surface area contributed by atoms with E-state index in [9.17, 15) is 9.90 Å². The average molecular weight is 334 g/mol. The molecule has 1 aromatic carbocycles. The van der Waals surface area contributed by atoms with E-state index < -0.39 is 11.6 Å². The van der Waals surface area contributed by atoms with Gasteiger partial charge in [-0.3, -0.25) is 9.58 Å². The molecule has 0 saturated heterocycles. The smallest absolute Gasteiger partial charge is 0.408 e. The molecule has 1 unspecified atom stereocenters. The van der Waals surface area contributed by atoms with Crippen LogP contribution in [0.25, 0.3) is 10.9 Å². The van der Waals surface area contributed by atoms with Crippen LogP contribution in [0.2, 0.25) is 0 Å². The highest BCUT2D eigenvalue weighted by Crippen LogP contribution is 2.23. The predicted molar refractivity (Wildman–Crippen MR) is 93.9 cm³/mol. The SMILES string of the molecule is CC(COCc1cc(N)c2cn(C)nc2c1)N(C(=O)O)C(C)(C)C. The molecule has 132 valence electrons. The maximum Gasteiger partial charge on any atom is 0.408 e. The van der Waals surface area contributed by atoms with Crippen LogP contribution in [0.1, 0.15) is 33.3 Å². The second kappa shape index (κ2) is 6.68.